The van der Waals surface area contributed by atoms with Gasteiger partial charge >= 0.3 is 5.97 Å². The maximum Gasteiger partial charge on any atom is 0.314 e. The van der Waals surface area contributed by atoms with Crippen LogP contribution in [0.4, 0.5) is 4.39 Å². The second-order valence-electron chi connectivity index (χ2n) is 3.41. The van der Waals surface area contributed by atoms with Gasteiger partial charge in [0.15, 0.2) is 5.78 Å². The van der Waals surface area contributed by atoms with E-state index in [9.17, 15) is 14.0 Å². The average Bonchev–Trinajstić information content (AvgIpc) is 2.23. The van der Waals surface area contributed by atoms with Gasteiger partial charge in [-0.15, -0.1) is 0 Å². The minimum atomic E-state index is -1.26. The molecule has 92 valence electrons. The lowest BCUT2D eigenvalue weighted by Gasteiger charge is -2.10. The molecule has 0 saturated heterocycles. The Balaban J connectivity index is 3.20. The van der Waals surface area contributed by atoms with Crippen molar-refractivity contribution in [1.29, 1.82) is 0 Å². The van der Waals surface area contributed by atoms with Gasteiger partial charge < -0.3 is 5.11 Å². The molecule has 3 nitrogen and oxygen atoms in total. The van der Waals surface area contributed by atoms with Crippen molar-refractivity contribution in [3.63, 3.8) is 0 Å². The van der Waals surface area contributed by atoms with Crippen LogP contribution in [0.25, 0.3) is 0 Å². The van der Waals surface area contributed by atoms with Crippen LogP contribution in [0, 0.1) is 11.7 Å². The van der Waals surface area contributed by atoms with Crippen molar-refractivity contribution in [2.75, 3.05) is 0 Å². The van der Waals surface area contributed by atoms with Crippen LogP contribution < -0.4 is 0 Å². The summed E-state index contributed by atoms with van der Waals surface area (Å²) >= 11 is 11.2. The Hall–Kier alpha value is -1.13. The Kier molecular flexibility index (Phi) is 4.48. The van der Waals surface area contributed by atoms with E-state index in [-0.39, 0.29) is 22.0 Å². The molecule has 0 saturated carbocycles. The number of halogens is 3. The van der Waals surface area contributed by atoms with E-state index in [1.165, 1.54) is 0 Å². The summed E-state index contributed by atoms with van der Waals surface area (Å²) in [5.41, 5.74) is -0.164. The van der Waals surface area contributed by atoms with E-state index in [2.05, 4.69) is 0 Å². The topological polar surface area (TPSA) is 54.4 Å². The minimum Gasteiger partial charge on any atom is -0.481 e. The summed E-state index contributed by atoms with van der Waals surface area (Å²) in [6, 6.07) is 1.94. The molecule has 1 unspecified atom stereocenters. The van der Waals surface area contributed by atoms with Gasteiger partial charge in [0.25, 0.3) is 0 Å². The first-order valence-electron chi connectivity index (χ1n) is 4.80. The predicted molar refractivity (Wildman–Crippen MR) is 62.2 cm³/mol. The van der Waals surface area contributed by atoms with Gasteiger partial charge in [-0.3, -0.25) is 9.59 Å². The Morgan fingerprint density at radius 1 is 1.35 bits per heavy atom. The zero-order valence-electron chi connectivity index (χ0n) is 8.84. The number of ketones is 1. The second-order valence-corrected chi connectivity index (χ2v) is 4.22. The number of carbonyl (C=O) groups is 2. The highest BCUT2D eigenvalue weighted by Crippen LogP contribution is 2.27. The van der Waals surface area contributed by atoms with Crippen LogP contribution in [-0.4, -0.2) is 16.9 Å². The molecule has 0 amide bonds. The predicted octanol–water partition coefficient (Wildman–Crippen LogP) is 3.43. The van der Waals surface area contributed by atoms with Crippen molar-refractivity contribution >= 4 is 35.0 Å². The number of hydrogen-bond acceptors (Lipinski definition) is 2. The van der Waals surface area contributed by atoms with Crippen molar-refractivity contribution in [3.8, 4) is 0 Å². The molecular formula is C11H9Cl2FO3. The lowest BCUT2D eigenvalue weighted by atomic mass is 9.95. The van der Waals surface area contributed by atoms with Gasteiger partial charge in [-0.25, -0.2) is 4.39 Å². The Morgan fingerprint density at radius 2 is 1.94 bits per heavy atom. The standard InChI is InChI=1S/C11H9Cl2FO3/c1-2-5(11(16)17)10(15)6-3-9(14)8(13)4-7(6)12/h3-5H,2H2,1H3,(H,16,17). The number of benzene rings is 1. The van der Waals surface area contributed by atoms with E-state index in [4.69, 9.17) is 28.3 Å². The van der Waals surface area contributed by atoms with Crippen LogP contribution >= 0.6 is 23.2 Å². The summed E-state index contributed by atoms with van der Waals surface area (Å²) in [6.07, 6.45) is 0.106. The number of rotatable bonds is 4. The molecule has 0 spiro atoms. The maximum absolute atomic E-state index is 13.2. The lowest BCUT2D eigenvalue weighted by Crippen LogP contribution is -2.23. The molecule has 0 bridgehead atoms. The molecule has 1 rings (SSSR count). The molecule has 0 aromatic heterocycles. The molecule has 1 aromatic carbocycles. The number of hydrogen-bond donors (Lipinski definition) is 1. The molecule has 0 aliphatic carbocycles. The third kappa shape index (κ3) is 2.96. The third-order valence-electron chi connectivity index (χ3n) is 2.30. The Labute approximate surface area is 107 Å². The van der Waals surface area contributed by atoms with E-state index in [1.807, 2.05) is 0 Å². The van der Waals surface area contributed by atoms with Crippen LogP contribution in [0.3, 0.4) is 0 Å². The Morgan fingerprint density at radius 3 is 2.41 bits per heavy atom. The fourth-order valence-corrected chi connectivity index (χ4v) is 1.85. The number of Topliss-reactive ketones (excluding diaryl/α,β-unsaturated/α-hetero) is 1. The molecule has 0 radical (unpaired) electrons. The average molecular weight is 279 g/mol. The van der Waals surface area contributed by atoms with Gasteiger partial charge in [-0.2, -0.15) is 0 Å². The molecule has 0 fully saturated rings. The number of carboxylic acid groups (broad SMARTS) is 1. The highest BCUT2D eigenvalue weighted by atomic mass is 35.5. The molecule has 0 heterocycles. The van der Waals surface area contributed by atoms with Crippen molar-refractivity contribution in [2.45, 2.75) is 13.3 Å². The zero-order chi connectivity index (χ0) is 13.2. The van der Waals surface area contributed by atoms with Gasteiger partial charge in [-0.05, 0) is 18.6 Å². The first kappa shape index (κ1) is 13.9. The molecule has 0 aliphatic heterocycles. The quantitative estimate of drug-likeness (QED) is 0.522. The van der Waals surface area contributed by atoms with Crippen molar-refractivity contribution in [2.24, 2.45) is 5.92 Å². The van der Waals surface area contributed by atoms with Gasteiger partial charge in [0, 0.05) is 5.56 Å². The van der Waals surface area contributed by atoms with Crippen molar-refractivity contribution in [1.82, 2.24) is 0 Å². The monoisotopic (exact) mass is 278 g/mol. The summed E-state index contributed by atoms with van der Waals surface area (Å²) in [6.45, 7) is 1.55. The SMILES string of the molecule is CCC(C(=O)O)C(=O)c1cc(F)c(Cl)cc1Cl. The number of carboxylic acids is 1. The van der Waals surface area contributed by atoms with E-state index in [1.54, 1.807) is 6.92 Å². The van der Waals surface area contributed by atoms with E-state index < -0.39 is 23.5 Å². The molecule has 1 aromatic rings. The molecule has 1 atom stereocenters. The van der Waals surface area contributed by atoms with Crippen LogP contribution in [0.2, 0.25) is 10.0 Å². The van der Waals surface area contributed by atoms with E-state index >= 15 is 0 Å². The smallest absolute Gasteiger partial charge is 0.314 e. The molecule has 1 N–H and O–H groups in total. The number of aliphatic carboxylic acids is 1. The maximum atomic E-state index is 13.2. The molecule has 17 heavy (non-hydrogen) atoms. The summed E-state index contributed by atoms with van der Waals surface area (Å²) in [5, 5.41) is 8.57. The van der Waals surface area contributed by atoms with Crippen molar-refractivity contribution in [3.05, 3.63) is 33.6 Å². The summed E-state index contributed by atoms with van der Waals surface area (Å²) < 4.78 is 13.2. The first-order valence-corrected chi connectivity index (χ1v) is 5.55. The van der Waals surface area contributed by atoms with Crippen LogP contribution in [0.5, 0.6) is 0 Å². The molecular weight excluding hydrogens is 270 g/mol. The number of carbonyl (C=O) groups excluding carboxylic acids is 1. The van der Waals surface area contributed by atoms with Gasteiger partial charge in [0.05, 0.1) is 10.0 Å². The van der Waals surface area contributed by atoms with E-state index in [0.29, 0.717) is 0 Å². The fraction of sp³-hybridized carbons (Fsp3) is 0.273. The highest BCUT2D eigenvalue weighted by molar-refractivity contribution is 6.37. The fourth-order valence-electron chi connectivity index (χ4n) is 1.37. The van der Waals surface area contributed by atoms with Crippen LogP contribution in [0.1, 0.15) is 23.7 Å². The third-order valence-corrected chi connectivity index (χ3v) is 2.90. The summed E-state index contributed by atoms with van der Waals surface area (Å²) in [7, 11) is 0. The van der Waals surface area contributed by atoms with Gasteiger partial charge in [0.2, 0.25) is 0 Å². The highest BCUT2D eigenvalue weighted by Gasteiger charge is 2.27. The van der Waals surface area contributed by atoms with E-state index in [0.717, 1.165) is 12.1 Å². The van der Waals surface area contributed by atoms with Crippen molar-refractivity contribution < 1.29 is 19.1 Å². The lowest BCUT2D eigenvalue weighted by molar-refractivity contribution is -0.140. The normalized spacial score (nSPS) is 12.2. The van der Waals surface area contributed by atoms with Gasteiger partial charge in [0.1, 0.15) is 11.7 Å². The van der Waals surface area contributed by atoms with Crippen LogP contribution in [0.15, 0.2) is 12.1 Å². The summed E-state index contributed by atoms with van der Waals surface area (Å²) in [4.78, 5) is 22.7. The minimum absolute atomic E-state index is 0.0545. The van der Waals surface area contributed by atoms with Crippen LogP contribution in [-0.2, 0) is 4.79 Å². The van der Waals surface area contributed by atoms with Gasteiger partial charge in [-0.1, -0.05) is 30.1 Å². The molecule has 6 heteroatoms. The second kappa shape index (κ2) is 5.47. The molecule has 0 aliphatic rings. The Bertz CT molecular complexity index is 474. The largest absolute Gasteiger partial charge is 0.481 e. The summed E-state index contributed by atoms with van der Waals surface area (Å²) in [5.74, 6) is -4.02. The zero-order valence-corrected chi connectivity index (χ0v) is 10.3. The first-order chi connectivity index (χ1) is 7.88.